The Morgan fingerprint density at radius 1 is 1.44 bits per heavy atom. The Balaban J connectivity index is 2.09. The van der Waals surface area contributed by atoms with Crippen LogP contribution in [0.1, 0.15) is 10.4 Å². The Hall–Kier alpha value is -0.730. The van der Waals surface area contributed by atoms with Crippen molar-refractivity contribution < 1.29 is 9.53 Å². The standard InChI is InChI=1S/C12H13IN2O2S/c13-9-3-1-8(2-4-9)12(16)15-5-6-17-10(7-15)11(14)18/h1-4,10H,5-7H2,(H2,14,18). The monoisotopic (exact) mass is 376 g/mol. The Morgan fingerprint density at radius 3 is 2.72 bits per heavy atom. The fourth-order valence-electron chi connectivity index (χ4n) is 1.78. The molecule has 1 aromatic rings. The van der Waals surface area contributed by atoms with Gasteiger partial charge >= 0.3 is 0 Å². The molecule has 1 fully saturated rings. The molecule has 0 aromatic heterocycles. The third kappa shape index (κ3) is 3.18. The van der Waals surface area contributed by atoms with E-state index in [4.69, 9.17) is 22.7 Å². The average Bonchev–Trinajstić information content (AvgIpc) is 2.39. The molecule has 96 valence electrons. The molecule has 4 nitrogen and oxygen atoms in total. The van der Waals surface area contributed by atoms with Crippen LogP contribution in [0.5, 0.6) is 0 Å². The summed E-state index contributed by atoms with van der Waals surface area (Å²) in [6.07, 6.45) is -0.332. The third-order valence-electron chi connectivity index (χ3n) is 2.76. The Morgan fingerprint density at radius 2 is 2.11 bits per heavy atom. The van der Waals surface area contributed by atoms with Gasteiger partial charge in [-0.15, -0.1) is 0 Å². The molecular formula is C12H13IN2O2S. The first-order valence-electron chi connectivity index (χ1n) is 5.53. The fourth-order valence-corrected chi connectivity index (χ4v) is 2.28. The first kappa shape index (κ1) is 13.7. The van der Waals surface area contributed by atoms with Gasteiger partial charge in [0, 0.05) is 15.7 Å². The predicted molar refractivity (Wildman–Crippen MR) is 81.6 cm³/mol. The number of hydrogen-bond acceptors (Lipinski definition) is 3. The summed E-state index contributed by atoms with van der Waals surface area (Å²) in [4.78, 5) is 14.3. The minimum absolute atomic E-state index is 0.00375. The minimum atomic E-state index is -0.332. The Bertz CT molecular complexity index is 464. The van der Waals surface area contributed by atoms with Crippen LogP contribution in [0.15, 0.2) is 24.3 Å². The maximum atomic E-state index is 12.3. The van der Waals surface area contributed by atoms with Gasteiger partial charge in [0.1, 0.15) is 11.1 Å². The van der Waals surface area contributed by atoms with Crippen molar-refractivity contribution in [3.05, 3.63) is 33.4 Å². The number of carbonyl (C=O) groups is 1. The van der Waals surface area contributed by atoms with Gasteiger partial charge < -0.3 is 15.4 Å². The van der Waals surface area contributed by atoms with Gasteiger partial charge in [0.05, 0.1) is 13.2 Å². The summed E-state index contributed by atoms with van der Waals surface area (Å²) in [6, 6.07) is 7.49. The highest BCUT2D eigenvalue weighted by atomic mass is 127. The molecule has 1 aliphatic heterocycles. The second-order valence-corrected chi connectivity index (χ2v) is 5.74. The summed E-state index contributed by atoms with van der Waals surface area (Å²) in [5.74, 6) is -0.00375. The first-order valence-corrected chi connectivity index (χ1v) is 7.02. The second-order valence-electron chi connectivity index (χ2n) is 4.02. The number of amides is 1. The summed E-state index contributed by atoms with van der Waals surface area (Å²) in [5, 5.41) is 0. The lowest BCUT2D eigenvalue weighted by atomic mass is 10.1. The molecule has 1 amide bonds. The summed E-state index contributed by atoms with van der Waals surface area (Å²) in [5.41, 5.74) is 6.24. The highest BCUT2D eigenvalue weighted by Crippen LogP contribution is 2.13. The van der Waals surface area contributed by atoms with E-state index in [0.29, 0.717) is 30.2 Å². The van der Waals surface area contributed by atoms with Crippen molar-refractivity contribution in [2.75, 3.05) is 19.7 Å². The van der Waals surface area contributed by atoms with Gasteiger partial charge in [-0.1, -0.05) is 12.2 Å². The molecule has 1 aromatic carbocycles. The van der Waals surface area contributed by atoms with Crippen LogP contribution in [0.3, 0.4) is 0 Å². The van der Waals surface area contributed by atoms with Crippen molar-refractivity contribution in [3.8, 4) is 0 Å². The minimum Gasteiger partial charge on any atom is -0.391 e. The van der Waals surface area contributed by atoms with E-state index in [2.05, 4.69) is 22.6 Å². The van der Waals surface area contributed by atoms with E-state index >= 15 is 0 Å². The molecule has 2 N–H and O–H groups in total. The van der Waals surface area contributed by atoms with Crippen LogP contribution >= 0.6 is 34.8 Å². The number of thiocarbonyl (C=S) groups is 1. The van der Waals surface area contributed by atoms with E-state index in [9.17, 15) is 4.79 Å². The number of benzene rings is 1. The maximum Gasteiger partial charge on any atom is 0.254 e. The van der Waals surface area contributed by atoms with Crippen molar-refractivity contribution >= 4 is 45.7 Å². The summed E-state index contributed by atoms with van der Waals surface area (Å²) >= 11 is 7.11. The highest BCUT2D eigenvalue weighted by Gasteiger charge is 2.26. The van der Waals surface area contributed by atoms with Crippen molar-refractivity contribution in [3.63, 3.8) is 0 Å². The molecule has 0 spiro atoms. The Kier molecular flexibility index (Phi) is 4.52. The molecule has 0 radical (unpaired) electrons. The number of hydrogen-bond donors (Lipinski definition) is 1. The largest absolute Gasteiger partial charge is 0.391 e. The van der Waals surface area contributed by atoms with Crippen LogP contribution in [-0.4, -0.2) is 41.6 Å². The van der Waals surface area contributed by atoms with Crippen molar-refractivity contribution in [1.29, 1.82) is 0 Å². The smallest absolute Gasteiger partial charge is 0.254 e. The average molecular weight is 376 g/mol. The van der Waals surface area contributed by atoms with E-state index in [1.807, 2.05) is 24.3 Å². The molecule has 18 heavy (non-hydrogen) atoms. The van der Waals surface area contributed by atoms with E-state index < -0.39 is 0 Å². The van der Waals surface area contributed by atoms with Gasteiger partial charge in [0.2, 0.25) is 0 Å². The fraction of sp³-hybridized carbons (Fsp3) is 0.333. The van der Waals surface area contributed by atoms with Gasteiger partial charge in [-0.05, 0) is 46.9 Å². The molecule has 1 heterocycles. The van der Waals surface area contributed by atoms with E-state index in [0.717, 1.165) is 3.57 Å². The van der Waals surface area contributed by atoms with E-state index in [1.54, 1.807) is 4.90 Å². The molecule has 0 saturated carbocycles. The zero-order valence-electron chi connectivity index (χ0n) is 9.64. The molecule has 1 saturated heterocycles. The number of halogens is 1. The highest BCUT2D eigenvalue weighted by molar-refractivity contribution is 14.1. The van der Waals surface area contributed by atoms with Crippen LogP contribution in [0.2, 0.25) is 0 Å². The number of carbonyl (C=O) groups excluding carboxylic acids is 1. The number of morpholine rings is 1. The lowest BCUT2D eigenvalue weighted by molar-refractivity contribution is 0.00878. The quantitative estimate of drug-likeness (QED) is 0.627. The van der Waals surface area contributed by atoms with Gasteiger partial charge in [-0.25, -0.2) is 0 Å². The zero-order valence-corrected chi connectivity index (χ0v) is 12.6. The lowest BCUT2D eigenvalue weighted by Crippen LogP contribution is -2.49. The van der Waals surface area contributed by atoms with Crippen LogP contribution < -0.4 is 5.73 Å². The molecule has 1 aliphatic rings. The van der Waals surface area contributed by atoms with Crippen LogP contribution in [-0.2, 0) is 4.74 Å². The summed E-state index contributed by atoms with van der Waals surface area (Å²) in [6.45, 7) is 1.47. The van der Waals surface area contributed by atoms with Crippen LogP contribution in [0, 0.1) is 3.57 Å². The van der Waals surface area contributed by atoms with Crippen LogP contribution in [0.25, 0.3) is 0 Å². The number of nitrogens with two attached hydrogens (primary N) is 1. The van der Waals surface area contributed by atoms with E-state index in [1.165, 1.54) is 0 Å². The summed E-state index contributed by atoms with van der Waals surface area (Å²) in [7, 11) is 0. The van der Waals surface area contributed by atoms with E-state index in [-0.39, 0.29) is 12.0 Å². The number of rotatable bonds is 2. The van der Waals surface area contributed by atoms with Crippen molar-refractivity contribution in [2.24, 2.45) is 5.73 Å². The molecule has 2 rings (SSSR count). The zero-order chi connectivity index (χ0) is 13.1. The first-order chi connectivity index (χ1) is 8.58. The normalized spacial score (nSPS) is 19.6. The van der Waals surface area contributed by atoms with Gasteiger partial charge in [0.25, 0.3) is 5.91 Å². The predicted octanol–water partition coefficient (Wildman–Crippen LogP) is 1.42. The van der Waals surface area contributed by atoms with Gasteiger partial charge in [-0.3, -0.25) is 4.79 Å². The van der Waals surface area contributed by atoms with Crippen LogP contribution in [0.4, 0.5) is 0 Å². The molecular weight excluding hydrogens is 363 g/mol. The second kappa shape index (κ2) is 5.94. The topological polar surface area (TPSA) is 55.6 Å². The van der Waals surface area contributed by atoms with Crippen molar-refractivity contribution in [2.45, 2.75) is 6.10 Å². The summed E-state index contributed by atoms with van der Waals surface area (Å²) < 4.78 is 6.52. The molecule has 6 heteroatoms. The van der Waals surface area contributed by atoms with Gasteiger partial charge in [-0.2, -0.15) is 0 Å². The lowest BCUT2D eigenvalue weighted by Gasteiger charge is -2.32. The maximum absolute atomic E-state index is 12.3. The number of ether oxygens (including phenoxy) is 1. The molecule has 1 unspecified atom stereocenters. The number of nitrogens with zero attached hydrogens (tertiary/aromatic N) is 1. The molecule has 0 aliphatic carbocycles. The SMILES string of the molecule is NC(=S)C1CN(C(=O)c2ccc(I)cc2)CCO1. The molecule has 1 atom stereocenters. The molecule has 0 bridgehead atoms. The Labute approximate surface area is 125 Å². The van der Waals surface area contributed by atoms with Crippen molar-refractivity contribution in [1.82, 2.24) is 4.90 Å². The van der Waals surface area contributed by atoms with Gasteiger partial charge in [0.15, 0.2) is 0 Å². The third-order valence-corrected chi connectivity index (χ3v) is 3.74.